The number of fused-ring (bicyclic) bond motifs is 1. The standard InChI is InChI=1S/C17H16N6O2/c1-11-7-14(25-22-11)15(17(24)21-13-5-3-2-4-6-13)23-16-12(9-20-23)8-18-10-19-16/h2-7,9-10,15H,8H2,1H3,(H,18,19)(H,21,24). The van der Waals surface area contributed by atoms with Crippen molar-refractivity contribution in [2.24, 2.45) is 4.99 Å². The SMILES string of the molecule is Cc1cc(C(C(=O)Nc2ccccc2)n2ncc3c2NC=NC3)on1. The zero-order chi connectivity index (χ0) is 17.2. The summed E-state index contributed by atoms with van der Waals surface area (Å²) in [5.74, 6) is 0.871. The van der Waals surface area contributed by atoms with Crippen LogP contribution in [0.4, 0.5) is 11.5 Å². The molecule has 1 atom stereocenters. The highest BCUT2D eigenvalue weighted by Crippen LogP contribution is 2.28. The Balaban J connectivity index is 1.73. The van der Waals surface area contributed by atoms with Gasteiger partial charge in [0.1, 0.15) is 5.82 Å². The molecule has 1 aliphatic heterocycles. The first-order valence-electron chi connectivity index (χ1n) is 7.83. The number of hydrogen-bond donors (Lipinski definition) is 2. The van der Waals surface area contributed by atoms with Gasteiger partial charge in [0.25, 0.3) is 5.91 Å². The summed E-state index contributed by atoms with van der Waals surface area (Å²) in [5.41, 5.74) is 2.31. The summed E-state index contributed by atoms with van der Waals surface area (Å²) >= 11 is 0. The summed E-state index contributed by atoms with van der Waals surface area (Å²) in [6.07, 6.45) is 3.29. The van der Waals surface area contributed by atoms with Gasteiger partial charge in [-0.25, -0.2) is 4.68 Å². The molecule has 0 aliphatic carbocycles. The number of benzene rings is 1. The Morgan fingerprint density at radius 3 is 2.96 bits per heavy atom. The molecular weight excluding hydrogens is 320 g/mol. The van der Waals surface area contributed by atoms with Crippen LogP contribution in [0.5, 0.6) is 0 Å². The molecule has 2 aromatic heterocycles. The number of para-hydroxylation sites is 1. The zero-order valence-corrected chi connectivity index (χ0v) is 13.5. The van der Waals surface area contributed by atoms with Crippen LogP contribution in [0.15, 0.2) is 52.1 Å². The van der Waals surface area contributed by atoms with E-state index in [1.807, 2.05) is 37.3 Å². The Kier molecular flexibility index (Phi) is 3.77. The van der Waals surface area contributed by atoms with E-state index in [1.54, 1.807) is 23.3 Å². The molecule has 3 aromatic rings. The van der Waals surface area contributed by atoms with Gasteiger partial charge in [-0.3, -0.25) is 9.79 Å². The van der Waals surface area contributed by atoms with Crippen LogP contribution >= 0.6 is 0 Å². The van der Waals surface area contributed by atoms with E-state index in [0.717, 1.165) is 11.4 Å². The molecule has 0 fully saturated rings. The molecular formula is C17H16N6O2. The van der Waals surface area contributed by atoms with Gasteiger partial charge in [0.15, 0.2) is 11.8 Å². The van der Waals surface area contributed by atoms with Gasteiger partial charge in [0.05, 0.1) is 24.8 Å². The number of carbonyl (C=O) groups is 1. The third-order valence-electron chi connectivity index (χ3n) is 3.88. The van der Waals surface area contributed by atoms with Crippen molar-refractivity contribution in [2.45, 2.75) is 19.5 Å². The van der Waals surface area contributed by atoms with Gasteiger partial charge < -0.3 is 15.2 Å². The second-order valence-corrected chi connectivity index (χ2v) is 5.71. The van der Waals surface area contributed by atoms with Crippen molar-refractivity contribution >= 4 is 23.8 Å². The summed E-state index contributed by atoms with van der Waals surface area (Å²) in [6.45, 7) is 2.33. The van der Waals surface area contributed by atoms with Gasteiger partial charge in [-0.1, -0.05) is 23.4 Å². The largest absolute Gasteiger partial charge is 0.358 e. The highest BCUT2D eigenvalue weighted by Gasteiger charge is 2.31. The molecule has 0 spiro atoms. The average Bonchev–Trinajstić information content (AvgIpc) is 3.23. The molecule has 3 heterocycles. The normalized spacial score (nSPS) is 13.8. The van der Waals surface area contributed by atoms with Gasteiger partial charge >= 0.3 is 0 Å². The lowest BCUT2D eigenvalue weighted by atomic mass is 10.2. The Labute approximate surface area is 143 Å². The number of anilines is 2. The van der Waals surface area contributed by atoms with Crippen LogP contribution in [-0.4, -0.2) is 27.2 Å². The molecule has 1 unspecified atom stereocenters. The summed E-state index contributed by atoms with van der Waals surface area (Å²) in [4.78, 5) is 17.1. The molecule has 0 saturated carbocycles. The van der Waals surface area contributed by atoms with E-state index in [0.29, 0.717) is 23.7 Å². The molecule has 1 aliphatic rings. The molecule has 1 amide bonds. The Bertz CT molecular complexity index is 928. The predicted octanol–water partition coefficient (Wildman–Crippen LogP) is 2.36. The monoisotopic (exact) mass is 336 g/mol. The van der Waals surface area contributed by atoms with Crippen molar-refractivity contribution < 1.29 is 9.32 Å². The van der Waals surface area contributed by atoms with Crippen LogP contribution in [0, 0.1) is 6.92 Å². The van der Waals surface area contributed by atoms with E-state index in [9.17, 15) is 4.79 Å². The maximum Gasteiger partial charge on any atom is 0.257 e. The fraction of sp³-hybridized carbons (Fsp3) is 0.176. The van der Waals surface area contributed by atoms with Crippen molar-refractivity contribution in [3.05, 3.63) is 59.6 Å². The molecule has 8 nitrogen and oxygen atoms in total. The molecule has 1 aromatic carbocycles. The zero-order valence-electron chi connectivity index (χ0n) is 13.5. The number of carbonyl (C=O) groups excluding carboxylic acids is 1. The van der Waals surface area contributed by atoms with E-state index < -0.39 is 6.04 Å². The molecule has 2 N–H and O–H groups in total. The lowest BCUT2D eigenvalue weighted by Gasteiger charge is -2.18. The van der Waals surface area contributed by atoms with Crippen molar-refractivity contribution in [1.82, 2.24) is 14.9 Å². The van der Waals surface area contributed by atoms with Crippen LogP contribution in [0.3, 0.4) is 0 Å². The van der Waals surface area contributed by atoms with Gasteiger partial charge in [-0.2, -0.15) is 5.10 Å². The number of aromatic nitrogens is 3. The second kappa shape index (κ2) is 6.23. The molecule has 0 radical (unpaired) electrons. The number of rotatable bonds is 4. The van der Waals surface area contributed by atoms with Crippen LogP contribution in [0.25, 0.3) is 0 Å². The first-order chi connectivity index (χ1) is 12.2. The van der Waals surface area contributed by atoms with Gasteiger partial charge in [0, 0.05) is 17.3 Å². The summed E-state index contributed by atoms with van der Waals surface area (Å²) in [6, 6.07) is 10.2. The topological polar surface area (TPSA) is 97.3 Å². The first kappa shape index (κ1) is 15.1. The van der Waals surface area contributed by atoms with E-state index in [2.05, 4.69) is 25.9 Å². The maximum absolute atomic E-state index is 13.0. The highest BCUT2D eigenvalue weighted by molar-refractivity contribution is 5.96. The average molecular weight is 336 g/mol. The molecule has 0 bridgehead atoms. The number of hydrogen-bond acceptors (Lipinski definition) is 6. The number of amides is 1. The lowest BCUT2D eigenvalue weighted by Crippen LogP contribution is -2.29. The van der Waals surface area contributed by atoms with Crippen LogP contribution in [0.2, 0.25) is 0 Å². The van der Waals surface area contributed by atoms with E-state index in [-0.39, 0.29) is 5.91 Å². The highest BCUT2D eigenvalue weighted by atomic mass is 16.5. The number of aliphatic imine (C=N–C) groups is 1. The van der Waals surface area contributed by atoms with Crippen LogP contribution < -0.4 is 10.6 Å². The van der Waals surface area contributed by atoms with E-state index in [4.69, 9.17) is 4.52 Å². The van der Waals surface area contributed by atoms with Crippen molar-refractivity contribution in [3.63, 3.8) is 0 Å². The smallest absolute Gasteiger partial charge is 0.257 e. The van der Waals surface area contributed by atoms with E-state index >= 15 is 0 Å². The molecule has 0 saturated heterocycles. The summed E-state index contributed by atoms with van der Waals surface area (Å²) in [7, 11) is 0. The minimum Gasteiger partial charge on any atom is -0.358 e. The van der Waals surface area contributed by atoms with Crippen molar-refractivity contribution in [2.75, 3.05) is 10.6 Å². The number of nitrogens with zero attached hydrogens (tertiary/aromatic N) is 4. The Morgan fingerprint density at radius 2 is 2.20 bits per heavy atom. The fourth-order valence-electron chi connectivity index (χ4n) is 2.72. The quantitative estimate of drug-likeness (QED) is 0.762. The Hall–Kier alpha value is -3.42. The number of nitrogens with one attached hydrogen (secondary N) is 2. The molecule has 4 rings (SSSR count). The third-order valence-corrected chi connectivity index (χ3v) is 3.88. The van der Waals surface area contributed by atoms with Crippen LogP contribution in [-0.2, 0) is 11.3 Å². The number of aryl methyl sites for hydroxylation is 1. The molecule has 25 heavy (non-hydrogen) atoms. The summed E-state index contributed by atoms with van der Waals surface area (Å²) in [5, 5.41) is 14.2. The third kappa shape index (κ3) is 2.89. The maximum atomic E-state index is 13.0. The van der Waals surface area contributed by atoms with Gasteiger partial charge in [0.2, 0.25) is 0 Å². The van der Waals surface area contributed by atoms with E-state index in [1.165, 1.54) is 0 Å². The minimum absolute atomic E-state index is 0.266. The van der Waals surface area contributed by atoms with Crippen molar-refractivity contribution in [3.8, 4) is 0 Å². The first-order valence-corrected chi connectivity index (χ1v) is 7.83. The predicted molar refractivity (Wildman–Crippen MR) is 92.5 cm³/mol. The Morgan fingerprint density at radius 1 is 1.36 bits per heavy atom. The lowest BCUT2D eigenvalue weighted by molar-refractivity contribution is -0.118. The van der Waals surface area contributed by atoms with Crippen molar-refractivity contribution in [1.29, 1.82) is 0 Å². The summed E-state index contributed by atoms with van der Waals surface area (Å²) < 4.78 is 6.96. The second-order valence-electron chi connectivity index (χ2n) is 5.71. The van der Waals surface area contributed by atoms with Crippen LogP contribution in [0.1, 0.15) is 23.1 Å². The molecule has 126 valence electrons. The van der Waals surface area contributed by atoms with Gasteiger partial charge in [-0.15, -0.1) is 0 Å². The molecule has 8 heteroatoms. The minimum atomic E-state index is -0.788. The van der Waals surface area contributed by atoms with Gasteiger partial charge in [-0.05, 0) is 19.1 Å². The fourth-order valence-corrected chi connectivity index (χ4v) is 2.72.